The SMILES string of the molecule is Cc1csc2c(N3C[C@H]4CCCN4C[C@H]3C)ncnc12. The quantitative estimate of drug-likeness (QED) is 0.807. The Morgan fingerprint density at radius 1 is 1.30 bits per heavy atom. The van der Waals surface area contributed by atoms with Crippen LogP contribution in [-0.2, 0) is 0 Å². The zero-order valence-electron chi connectivity index (χ0n) is 12.0. The highest BCUT2D eigenvalue weighted by Crippen LogP contribution is 2.34. The van der Waals surface area contributed by atoms with E-state index >= 15 is 0 Å². The lowest BCUT2D eigenvalue weighted by molar-refractivity contribution is 0.202. The van der Waals surface area contributed by atoms with Crippen LogP contribution in [0.4, 0.5) is 5.82 Å². The molecule has 2 fully saturated rings. The number of hydrogen-bond acceptors (Lipinski definition) is 5. The van der Waals surface area contributed by atoms with Gasteiger partial charge in [0.1, 0.15) is 12.1 Å². The van der Waals surface area contributed by atoms with E-state index in [-0.39, 0.29) is 0 Å². The van der Waals surface area contributed by atoms with Crippen LogP contribution in [0.15, 0.2) is 11.7 Å². The Morgan fingerprint density at radius 3 is 3.10 bits per heavy atom. The van der Waals surface area contributed by atoms with Crippen LogP contribution in [0.5, 0.6) is 0 Å². The van der Waals surface area contributed by atoms with Gasteiger partial charge in [-0.15, -0.1) is 11.3 Å². The predicted molar refractivity (Wildman–Crippen MR) is 83.6 cm³/mol. The molecule has 0 amide bonds. The third-order valence-corrected chi connectivity index (χ3v) is 5.80. The monoisotopic (exact) mass is 288 g/mol. The van der Waals surface area contributed by atoms with Crippen molar-refractivity contribution in [2.24, 2.45) is 0 Å². The molecule has 4 rings (SSSR count). The van der Waals surface area contributed by atoms with Crippen molar-refractivity contribution < 1.29 is 0 Å². The van der Waals surface area contributed by atoms with E-state index in [1.165, 1.54) is 36.2 Å². The summed E-state index contributed by atoms with van der Waals surface area (Å²) in [6.45, 7) is 8.02. The number of hydrogen-bond donors (Lipinski definition) is 0. The molecule has 5 heteroatoms. The number of aryl methyl sites for hydroxylation is 1. The molecule has 106 valence electrons. The van der Waals surface area contributed by atoms with Gasteiger partial charge in [0.05, 0.1) is 10.2 Å². The van der Waals surface area contributed by atoms with Crippen molar-refractivity contribution in [2.45, 2.75) is 38.8 Å². The molecule has 0 bridgehead atoms. The second kappa shape index (κ2) is 4.67. The number of piperazine rings is 1. The predicted octanol–water partition coefficient (Wildman–Crippen LogP) is 2.67. The second-order valence-corrected chi connectivity index (χ2v) is 6.97. The van der Waals surface area contributed by atoms with Gasteiger partial charge < -0.3 is 4.90 Å². The number of anilines is 1. The molecule has 20 heavy (non-hydrogen) atoms. The van der Waals surface area contributed by atoms with Gasteiger partial charge in [-0.25, -0.2) is 9.97 Å². The molecular weight excluding hydrogens is 268 g/mol. The first-order chi connectivity index (χ1) is 9.74. The number of aromatic nitrogens is 2. The summed E-state index contributed by atoms with van der Waals surface area (Å²) in [5.74, 6) is 1.15. The van der Waals surface area contributed by atoms with Crippen molar-refractivity contribution in [1.82, 2.24) is 14.9 Å². The normalized spacial score (nSPS) is 27.2. The Balaban J connectivity index is 1.74. The first-order valence-electron chi connectivity index (χ1n) is 7.43. The zero-order chi connectivity index (χ0) is 13.7. The van der Waals surface area contributed by atoms with Crippen LogP contribution >= 0.6 is 11.3 Å². The minimum atomic E-state index is 0.532. The van der Waals surface area contributed by atoms with E-state index in [1.54, 1.807) is 17.7 Å². The molecule has 0 saturated carbocycles. The highest BCUT2D eigenvalue weighted by molar-refractivity contribution is 7.18. The number of nitrogens with zero attached hydrogens (tertiary/aromatic N) is 4. The lowest BCUT2D eigenvalue weighted by atomic mass is 10.1. The molecule has 4 nitrogen and oxygen atoms in total. The van der Waals surface area contributed by atoms with Crippen LogP contribution in [-0.4, -0.2) is 46.6 Å². The molecule has 2 aliphatic heterocycles. The summed E-state index contributed by atoms with van der Waals surface area (Å²) < 4.78 is 1.25. The molecule has 0 aromatic carbocycles. The smallest absolute Gasteiger partial charge is 0.150 e. The maximum Gasteiger partial charge on any atom is 0.150 e. The lowest BCUT2D eigenvalue weighted by Gasteiger charge is -2.43. The van der Waals surface area contributed by atoms with Gasteiger partial charge in [0.25, 0.3) is 0 Å². The first kappa shape index (κ1) is 12.5. The number of fused-ring (bicyclic) bond motifs is 2. The maximum absolute atomic E-state index is 4.62. The van der Waals surface area contributed by atoms with Crippen LogP contribution < -0.4 is 4.90 Å². The molecule has 0 unspecified atom stereocenters. The molecule has 0 N–H and O–H groups in total. The fourth-order valence-electron chi connectivity index (χ4n) is 3.64. The van der Waals surface area contributed by atoms with Crippen LogP contribution in [0, 0.1) is 6.92 Å². The largest absolute Gasteiger partial charge is 0.350 e. The van der Waals surface area contributed by atoms with Crippen LogP contribution in [0.1, 0.15) is 25.3 Å². The molecule has 2 saturated heterocycles. The van der Waals surface area contributed by atoms with Gasteiger partial charge in [-0.05, 0) is 44.2 Å². The van der Waals surface area contributed by atoms with Crippen LogP contribution in [0.3, 0.4) is 0 Å². The standard InChI is InChI=1S/C15H20N4S/c1-10-8-20-14-13(10)16-9-17-15(14)19-7-12-4-3-5-18(12)6-11(19)2/h8-9,11-12H,3-7H2,1-2H3/t11-,12-/m1/s1. The summed E-state index contributed by atoms with van der Waals surface area (Å²) in [5.41, 5.74) is 2.39. The summed E-state index contributed by atoms with van der Waals surface area (Å²) in [7, 11) is 0. The van der Waals surface area contributed by atoms with Crippen molar-refractivity contribution in [3.05, 3.63) is 17.3 Å². The zero-order valence-corrected chi connectivity index (χ0v) is 12.9. The number of rotatable bonds is 1. The highest BCUT2D eigenvalue weighted by atomic mass is 32.1. The van der Waals surface area contributed by atoms with Gasteiger partial charge in [0.2, 0.25) is 0 Å². The minimum absolute atomic E-state index is 0.532. The van der Waals surface area contributed by atoms with Crippen molar-refractivity contribution in [3.63, 3.8) is 0 Å². The molecule has 2 aromatic rings. The molecule has 0 spiro atoms. The summed E-state index contributed by atoms with van der Waals surface area (Å²) in [4.78, 5) is 14.2. The van der Waals surface area contributed by atoms with Gasteiger partial charge in [-0.1, -0.05) is 0 Å². The van der Waals surface area contributed by atoms with E-state index in [9.17, 15) is 0 Å². The minimum Gasteiger partial charge on any atom is -0.350 e. The Labute approximate surface area is 123 Å². The van der Waals surface area contributed by atoms with E-state index in [4.69, 9.17) is 0 Å². The van der Waals surface area contributed by atoms with Gasteiger partial charge in [-0.2, -0.15) is 0 Å². The average molecular weight is 288 g/mol. The first-order valence-corrected chi connectivity index (χ1v) is 8.31. The van der Waals surface area contributed by atoms with Crippen molar-refractivity contribution >= 4 is 27.4 Å². The Kier molecular flexibility index (Phi) is 2.93. The number of thiophene rings is 1. The summed E-state index contributed by atoms with van der Waals surface area (Å²) in [6, 6.07) is 1.25. The van der Waals surface area contributed by atoms with Crippen molar-refractivity contribution in [2.75, 3.05) is 24.5 Å². The van der Waals surface area contributed by atoms with E-state index < -0.39 is 0 Å². The van der Waals surface area contributed by atoms with Gasteiger partial charge in [-0.3, -0.25) is 4.90 Å². The molecule has 0 aliphatic carbocycles. The lowest BCUT2D eigenvalue weighted by Crippen LogP contribution is -2.55. The van der Waals surface area contributed by atoms with Gasteiger partial charge >= 0.3 is 0 Å². The molecule has 0 radical (unpaired) electrons. The fraction of sp³-hybridized carbons (Fsp3) is 0.600. The van der Waals surface area contributed by atoms with Crippen molar-refractivity contribution in [3.8, 4) is 0 Å². The molecule has 2 atom stereocenters. The van der Waals surface area contributed by atoms with Crippen LogP contribution in [0.25, 0.3) is 10.2 Å². The highest BCUT2D eigenvalue weighted by Gasteiger charge is 2.35. The van der Waals surface area contributed by atoms with Crippen LogP contribution in [0.2, 0.25) is 0 Å². The molecule has 4 heterocycles. The van der Waals surface area contributed by atoms with E-state index in [1.807, 2.05) is 0 Å². The van der Waals surface area contributed by atoms with E-state index in [2.05, 4.69) is 39.0 Å². The van der Waals surface area contributed by atoms with Gasteiger partial charge in [0.15, 0.2) is 0 Å². The van der Waals surface area contributed by atoms with E-state index in [0.29, 0.717) is 6.04 Å². The molecular formula is C15H20N4S. The second-order valence-electron chi connectivity index (χ2n) is 6.09. The maximum atomic E-state index is 4.62. The fourth-order valence-corrected chi connectivity index (χ4v) is 4.65. The third-order valence-electron chi connectivity index (χ3n) is 4.72. The van der Waals surface area contributed by atoms with Crippen molar-refractivity contribution in [1.29, 1.82) is 0 Å². The summed E-state index contributed by atoms with van der Waals surface area (Å²) >= 11 is 1.78. The molecule has 2 aliphatic rings. The Hall–Kier alpha value is -1.20. The average Bonchev–Trinajstić information content (AvgIpc) is 3.04. The van der Waals surface area contributed by atoms with E-state index in [0.717, 1.165) is 23.9 Å². The molecule has 2 aromatic heterocycles. The van der Waals surface area contributed by atoms with Gasteiger partial charge in [0, 0.05) is 25.2 Å². The third kappa shape index (κ3) is 1.84. The Bertz CT molecular complexity index is 638. The topological polar surface area (TPSA) is 32.3 Å². The Morgan fingerprint density at radius 2 is 2.20 bits per heavy atom. The summed E-state index contributed by atoms with van der Waals surface area (Å²) in [5, 5.41) is 2.19. The summed E-state index contributed by atoms with van der Waals surface area (Å²) in [6.07, 6.45) is 4.41.